The lowest BCUT2D eigenvalue weighted by Crippen LogP contribution is -2.20. The minimum absolute atomic E-state index is 0.0243. The topological polar surface area (TPSA) is 63.6 Å². The maximum Gasteiger partial charge on any atom is 0.272 e. The fourth-order valence-electron chi connectivity index (χ4n) is 3.84. The van der Waals surface area contributed by atoms with E-state index in [-0.39, 0.29) is 12.0 Å². The van der Waals surface area contributed by atoms with Gasteiger partial charge in [-0.3, -0.25) is 4.79 Å². The Morgan fingerprint density at radius 1 is 1.03 bits per heavy atom. The number of aromatic nitrogens is 1. The number of amides is 1. The number of ether oxygens (including phenoxy) is 1. The van der Waals surface area contributed by atoms with E-state index in [0.717, 1.165) is 23.3 Å². The summed E-state index contributed by atoms with van der Waals surface area (Å²) in [5, 5.41) is 5.53. The molecule has 1 N–H and O–H groups in total. The second-order valence-electron chi connectivity index (χ2n) is 8.54. The van der Waals surface area contributed by atoms with E-state index in [2.05, 4.69) is 29.6 Å². The van der Waals surface area contributed by atoms with Crippen LogP contribution in [0.5, 0.6) is 5.75 Å². The lowest BCUT2D eigenvalue weighted by molar-refractivity contribution is 0.0956. The molecule has 0 aliphatic heterocycles. The van der Waals surface area contributed by atoms with Crippen LogP contribution in [-0.2, 0) is 6.42 Å². The largest absolute Gasteiger partial charge is 0.490 e. The zero-order valence-electron chi connectivity index (χ0n) is 20.3. The molecule has 4 rings (SSSR count). The van der Waals surface area contributed by atoms with Gasteiger partial charge >= 0.3 is 0 Å². The third-order valence-electron chi connectivity index (χ3n) is 5.66. The lowest BCUT2D eigenvalue weighted by atomic mass is 10.0. The number of rotatable bonds is 7. The van der Waals surface area contributed by atoms with Crippen LogP contribution in [0.15, 0.2) is 77.9 Å². The van der Waals surface area contributed by atoms with E-state index in [1.165, 1.54) is 5.56 Å². The van der Waals surface area contributed by atoms with Crippen molar-refractivity contribution in [3.8, 4) is 17.0 Å². The van der Waals surface area contributed by atoms with Gasteiger partial charge in [0.2, 0.25) is 0 Å². The molecule has 0 fully saturated rings. The van der Waals surface area contributed by atoms with Crippen molar-refractivity contribution < 1.29 is 9.53 Å². The summed E-state index contributed by atoms with van der Waals surface area (Å²) in [4.78, 5) is 18.1. The number of fused-ring (bicyclic) bond motifs is 1. The van der Waals surface area contributed by atoms with Gasteiger partial charge in [-0.05, 0) is 57.0 Å². The van der Waals surface area contributed by atoms with Crippen LogP contribution in [-0.4, -0.2) is 22.7 Å². The Bertz CT molecular complexity index is 1400. The van der Waals surface area contributed by atoms with Crippen molar-refractivity contribution >= 4 is 34.1 Å². The molecule has 1 amide bonds. The number of halogens is 1. The molecule has 0 saturated carbocycles. The van der Waals surface area contributed by atoms with Gasteiger partial charge < -0.3 is 4.74 Å². The highest BCUT2D eigenvalue weighted by atomic mass is 35.5. The second-order valence-corrected chi connectivity index (χ2v) is 8.95. The van der Waals surface area contributed by atoms with E-state index in [9.17, 15) is 4.79 Å². The smallest absolute Gasteiger partial charge is 0.272 e. The van der Waals surface area contributed by atoms with Gasteiger partial charge in [0.25, 0.3) is 5.91 Å². The van der Waals surface area contributed by atoms with Crippen molar-refractivity contribution in [2.24, 2.45) is 5.10 Å². The summed E-state index contributed by atoms with van der Waals surface area (Å²) >= 11 is 6.47. The number of hydrogen-bond donors (Lipinski definition) is 1. The fourth-order valence-corrected chi connectivity index (χ4v) is 4.05. The lowest BCUT2D eigenvalue weighted by Gasteiger charge is -2.14. The molecular formula is C29H28ClN3O2. The summed E-state index contributed by atoms with van der Waals surface area (Å²) in [6, 6.07) is 23.0. The summed E-state index contributed by atoms with van der Waals surface area (Å²) in [6.45, 7) is 7.89. The number of aryl methyl sites for hydroxylation is 1. The number of hydrogen-bond acceptors (Lipinski definition) is 4. The molecule has 0 unspecified atom stereocenters. The zero-order valence-corrected chi connectivity index (χ0v) is 21.1. The van der Waals surface area contributed by atoms with Crippen molar-refractivity contribution in [2.45, 2.75) is 40.2 Å². The first-order chi connectivity index (χ1) is 16.9. The van der Waals surface area contributed by atoms with Gasteiger partial charge in [-0.25, -0.2) is 10.4 Å². The molecule has 0 atom stereocenters. The summed E-state index contributed by atoms with van der Waals surface area (Å²) in [5.41, 5.74) is 8.02. The number of benzene rings is 3. The van der Waals surface area contributed by atoms with Gasteiger partial charge in [-0.15, -0.1) is 0 Å². The second kappa shape index (κ2) is 10.7. The standard InChI is InChI=1S/C29H28ClN3O2/c1-5-20-13-15-21(16-14-20)26-17-24(23-10-8-11-25(30)28(23)31-26)29(34)33-32-19(4)22-9-6-7-12-27(22)35-18(2)3/h6-18H,5H2,1-4H3,(H,33,34)/b32-19-. The van der Waals surface area contributed by atoms with Crippen molar-refractivity contribution in [1.82, 2.24) is 10.4 Å². The molecular weight excluding hydrogens is 458 g/mol. The molecule has 6 heteroatoms. The summed E-state index contributed by atoms with van der Waals surface area (Å²) < 4.78 is 5.89. The molecule has 0 radical (unpaired) electrons. The maximum absolute atomic E-state index is 13.3. The van der Waals surface area contributed by atoms with E-state index >= 15 is 0 Å². The molecule has 0 aliphatic carbocycles. The van der Waals surface area contributed by atoms with E-state index < -0.39 is 0 Å². The average Bonchev–Trinajstić information content (AvgIpc) is 2.87. The summed E-state index contributed by atoms with van der Waals surface area (Å²) in [6.07, 6.45) is 0.976. The van der Waals surface area contributed by atoms with E-state index in [1.807, 2.05) is 69.3 Å². The minimum Gasteiger partial charge on any atom is -0.490 e. The normalized spacial score (nSPS) is 11.7. The quantitative estimate of drug-likeness (QED) is 0.225. The Balaban J connectivity index is 1.71. The highest BCUT2D eigenvalue weighted by molar-refractivity contribution is 6.35. The third-order valence-corrected chi connectivity index (χ3v) is 5.96. The van der Waals surface area contributed by atoms with Gasteiger partial charge in [0.1, 0.15) is 5.75 Å². The molecule has 178 valence electrons. The molecule has 0 aliphatic rings. The van der Waals surface area contributed by atoms with Gasteiger partial charge in [0.15, 0.2) is 0 Å². The van der Waals surface area contributed by atoms with E-state index in [4.69, 9.17) is 21.3 Å². The Morgan fingerprint density at radius 2 is 1.77 bits per heavy atom. The van der Waals surface area contributed by atoms with Crippen LogP contribution in [0.1, 0.15) is 49.2 Å². The summed E-state index contributed by atoms with van der Waals surface area (Å²) in [5.74, 6) is 0.379. The average molecular weight is 486 g/mol. The first-order valence-electron chi connectivity index (χ1n) is 11.7. The van der Waals surface area contributed by atoms with Gasteiger partial charge in [0.05, 0.1) is 33.6 Å². The number of carbonyl (C=O) groups excluding carboxylic acids is 1. The molecule has 0 saturated heterocycles. The summed E-state index contributed by atoms with van der Waals surface area (Å²) in [7, 11) is 0. The predicted octanol–water partition coefficient (Wildman–Crippen LogP) is 7.06. The highest BCUT2D eigenvalue weighted by Crippen LogP contribution is 2.29. The molecule has 0 spiro atoms. The molecule has 3 aromatic carbocycles. The number of pyridine rings is 1. The monoisotopic (exact) mass is 485 g/mol. The molecule has 1 aromatic heterocycles. The van der Waals surface area contributed by atoms with Crippen molar-refractivity contribution in [3.63, 3.8) is 0 Å². The van der Waals surface area contributed by atoms with Gasteiger partial charge in [0, 0.05) is 16.5 Å². The van der Waals surface area contributed by atoms with Crippen molar-refractivity contribution in [1.29, 1.82) is 0 Å². The molecule has 35 heavy (non-hydrogen) atoms. The molecule has 4 aromatic rings. The molecule has 5 nitrogen and oxygen atoms in total. The predicted molar refractivity (Wildman–Crippen MR) is 143 cm³/mol. The number of para-hydroxylation sites is 2. The van der Waals surface area contributed by atoms with Gasteiger partial charge in [-0.2, -0.15) is 5.10 Å². The van der Waals surface area contributed by atoms with Crippen molar-refractivity contribution in [2.75, 3.05) is 0 Å². The highest BCUT2D eigenvalue weighted by Gasteiger charge is 2.16. The van der Waals surface area contributed by atoms with E-state index in [0.29, 0.717) is 32.9 Å². The Labute approximate surface area is 210 Å². The van der Waals surface area contributed by atoms with Crippen molar-refractivity contribution in [3.05, 3.63) is 94.5 Å². The van der Waals surface area contributed by atoms with Crippen LogP contribution in [0.2, 0.25) is 5.02 Å². The van der Waals surface area contributed by atoms with Crippen LogP contribution in [0.25, 0.3) is 22.2 Å². The van der Waals surface area contributed by atoms with Crippen LogP contribution in [0.3, 0.4) is 0 Å². The van der Waals surface area contributed by atoms with Gasteiger partial charge in [-0.1, -0.05) is 67.1 Å². The zero-order chi connectivity index (χ0) is 24.9. The minimum atomic E-state index is -0.340. The first-order valence-corrected chi connectivity index (χ1v) is 12.0. The van der Waals surface area contributed by atoms with Crippen LogP contribution in [0.4, 0.5) is 0 Å². The first kappa shape index (κ1) is 24.4. The number of nitrogens with zero attached hydrogens (tertiary/aromatic N) is 2. The molecule has 1 heterocycles. The Morgan fingerprint density at radius 3 is 2.49 bits per heavy atom. The molecule has 0 bridgehead atoms. The van der Waals surface area contributed by atoms with Crippen LogP contribution < -0.4 is 10.2 Å². The Hall–Kier alpha value is -3.70. The third kappa shape index (κ3) is 5.52. The van der Waals surface area contributed by atoms with E-state index in [1.54, 1.807) is 12.1 Å². The maximum atomic E-state index is 13.3. The SMILES string of the molecule is CCc1ccc(-c2cc(C(=O)N/N=C(/C)c3ccccc3OC(C)C)c3cccc(Cl)c3n2)cc1. The number of nitrogens with one attached hydrogen (secondary N) is 1. The number of carbonyl (C=O) groups is 1. The van der Waals surface area contributed by atoms with Crippen LogP contribution in [0, 0.1) is 0 Å². The fraction of sp³-hybridized carbons (Fsp3) is 0.207. The van der Waals surface area contributed by atoms with Crippen LogP contribution >= 0.6 is 11.6 Å². The number of hydrazone groups is 1. The Kier molecular flexibility index (Phi) is 7.47.